The van der Waals surface area contributed by atoms with Gasteiger partial charge in [-0.2, -0.15) is 9.97 Å². The van der Waals surface area contributed by atoms with Gasteiger partial charge in [-0.25, -0.2) is 10.4 Å². The van der Waals surface area contributed by atoms with Crippen molar-refractivity contribution in [1.82, 2.24) is 20.4 Å². The molecule has 0 unspecified atom stereocenters. The molecule has 0 saturated carbocycles. The van der Waals surface area contributed by atoms with Crippen LogP contribution in [0.3, 0.4) is 0 Å². The van der Waals surface area contributed by atoms with Crippen molar-refractivity contribution in [1.29, 1.82) is 0 Å². The van der Waals surface area contributed by atoms with Gasteiger partial charge in [0, 0.05) is 12.6 Å². The molecule has 0 fully saturated rings. The lowest BCUT2D eigenvalue weighted by Gasteiger charge is -2.26. The van der Waals surface area contributed by atoms with E-state index in [0.29, 0.717) is 12.0 Å². The minimum atomic E-state index is 0.307. The van der Waals surface area contributed by atoms with Crippen LogP contribution in [-0.2, 0) is 0 Å². The van der Waals surface area contributed by atoms with Gasteiger partial charge in [0.25, 0.3) is 0 Å². The van der Waals surface area contributed by atoms with E-state index in [1.807, 2.05) is 18.2 Å². The molecule has 0 bridgehead atoms. The molecule has 5 nitrogen and oxygen atoms in total. The first-order chi connectivity index (χ1) is 7.19. The van der Waals surface area contributed by atoms with E-state index in [0.717, 1.165) is 11.7 Å². The zero-order valence-electron chi connectivity index (χ0n) is 9.56. The summed E-state index contributed by atoms with van der Waals surface area (Å²) in [6.07, 6.45) is 3.49. The fourth-order valence-corrected chi connectivity index (χ4v) is 1.47. The highest BCUT2D eigenvalue weighted by atomic mass is 32.2. The van der Waals surface area contributed by atoms with Crippen LogP contribution in [0.15, 0.2) is 11.5 Å². The lowest BCUT2D eigenvalue weighted by atomic mass is 10.4. The summed E-state index contributed by atoms with van der Waals surface area (Å²) in [6, 6.07) is 0.307. The van der Waals surface area contributed by atoms with Crippen molar-refractivity contribution in [2.24, 2.45) is 0 Å². The number of rotatable bonds is 5. The minimum absolute atomic E-state index is 0.307. The van der Waals surface area contributed by atoms with Gasteiger partial charge in [-0.05, 0) is 20.1 Å². The zero-order valence-corrected chi connectivity index (χ0v) is 10.4. The van der Waals surface area contributed by atoms with E-state index in [9.17, 15) is 0 Å². The quantitative estimate of drug-likeness (QED) is 0.605. The molecule has 0 saturated heterocycles. The van der Waals surface area contributed by atoms with Crippen LogP contribution in [0, 0.1) is 0 Å². The van der Waals surface area contributed by atoms with Gasteiger partial charge in [-0.3, -0.25) is 5.01 Å². The average Bonchev–Trinajstić information content (AvgIpc) is 2.25. The molecule has 6 heteroatoms. The maximum absolute atomic E-state index is 4.34. The predicted octanol–water partition coefficient (Wildman–Crippen LogP) is 1.33. The Kier molecular flexibility index (Phi) is 4.77. The largest absolute Gasteiger partial charge is 0.273 e. The second kappa shape index (κ2) is 5.87. The Hall–Kier alpha value is -0.880. The van der Waals surface area contributed by atoms with Gasteiger partial charge in [-0.1, -0.05) is 18.7 Å². The van der Waals surface area contributed by atoms with E-state index in [2.05, 4.69) is 34.2 Å². The second-order valence-electron chi connectivity index (χ2n) is 3.25. The topological polar surface area (TPSA) is 53.9 Å². The summed E-state index contributed by atoms with van der Waals surface area (Å²) in [5.74, 6) is 0.672. The first-order valence-electron chi connectivity index (χ1n) is 4.94. The van der Waals surface area contributed by atoms with Crippen LogP contribution in [0.1, 0.15) is 20.8 Å². The monoisotopic (exact) mass is 227 g/mol. The molecule has 0 aromatic carbocycles. The van der Waals surface area contributed by atoms with Crippen LogP contribution >= 0.6 is 11.8 Å². The first kappa shape index (κ1) is 12.2. The summed E-state index contributed by atoms with van der Waals surface area (Å²) in [7, 11) is 0. The van der Waals surface area contributed by atoms with Gasteiger partial charge in [0.2, 0.25) is 5.95 Å². The van der Waals surface area contributed by atoms with E-state index >= 15 is 0 Å². The Morgan fingerprint density at radius 1 is 1.47 bits per heavy atom. The Balaban J connectivity index is 2.89. The SMILES string of the molecule is CCNN(c1ncnc(SC)n1)C(C)C. The highest BCUT2D eigenvalue weighted by Crippen LogP contribution is 2.12. The van der Waals surface area contributed by atoms with Gasteiger partial charge < -0.3 is 0 Å². The van der Waals surface area contributed by atoms with Crippen LogP contribution in [0.4, 0.5) is 5.95 Å². The van der Waals surface area contributed by atoms with Crippen molar-refractivity contribution in [3.8, 4) is 0 Å². The third-order valence-electron chi connectivity index (χ3n) is 1.78. The number of nitrogens with zero attached hydrogens (tertiary/aromatic N) is 4. The molecule has 84 valence electrons. The van der Waals surface area contributed by atoms with Crippen LogP contribution in [0.5, 0.6) is 0 Å². The molecular weight excluding hydrogens is 210 g/mol. The maximum atomic E-state index is 4.34. The van der Waals surface area contributed by atoms with E-state index in [4.69, 9.17) is 0 Å². The second-order valence-corrected chi connectivity index (χ2v) is 4.02. The molecule has 1 aromatic heterocycles. The number of hydrogen-bond donors (Lipinski definition) is 1. The van der Waals surface area contributed by atoms with Crippen molar-refractivity contribution < 1.29 is 0 Å². The van der Waals surface area contributed by atoms with Gasteiger partial charge in [0.15, 0.2) is 5.16 Å². The predicted molar refractivity (Wildman–Crippen MR) is 62.9 cm³/mol. The molecule has 1 aromatic rings. The highest BCUT2D eigenvalue weighted by Gasteiger charge is 2.12. The third kappa shape index (κ3) is 3.32. The van der Waals surface area contributed by atoms with Crippen molar-refractivity contribution >= 4 is 17.7 Å². The third-order valence-corrected chi connectivity index (χ3v) is 2.34. The van der Waals surface area contributed by atoms with Crippen molar-refractivity contribution in [3.05, 3.63) is 6.33 Å². The Bertz CT molecular complexity index is 304. The number of anilines is 1. The maximum Gasteiger partial charge on any atom is 0.244 e. The van der Waals surface area contributed by atoms with Gasteiger partial charge in [-0.15, -0.1) is 0 Å². The molecule has 0 atom stereocenters. The van der Waals surface area contributed by atoms with E-state index in [1.54, 1.807) is 6.33 Å². The molecule has 0 amide bonds. The number of hydrazine groups is 1. The highest BCUT2D eigenvalue weighted by molar-refractivity contribution is 7.98. The fraction of sp³-hybridized carbons (Fsp3) is 0.667. The molecule has 15 heavy (non-hydrogen) atoms. The normalized spacial score (nSPS) is 10.7. The molecule has 0 aliphatic rings. The first-order valence-corrected chi connectivity index (χ1v) is 6.17. The summed E-state index contributed by atoms with van der Waals surface area (Å²) < 4.78 is 0. The van der Waals surface area contributed by atoms with Gasteiger partial charge in [0.1, 0.15) is 6.33 Å². The number of nitrogens with one attached hydrogen (secondary N) is 1. The molecular formula is C9H17N5S. The van der Waals surface area contributed by atoms with Crippen LogP contribution < -0.4 is 10.4 Å². The Morgan fingerprint density at radius 2 is 2.20 bits per heavy atom. The van der Waals surface area contributed by atoms with Crippen LogP contribution in [0.25, 0.3) is 0 Å². The van der Waals surface area contributed by atoms with Crippen LogP contribution in [-0.4, -0.2) is 33.8 Å². The molecule has 1 N–H and O–H groups in total. The van der Waals surface area contributed by atoms with Crippen molar-refractivity contribution in [2.45, 2.75) is 32.0 Å². The molecule has 0 aliphatic carbocycles. The average molecular weight is 227 g/mol. The molecule has 0 spiro atoms. The molecule has 0 aliphatic heterocycles. The minimum Gasteiger partial charge on any atom is -0.273 e. The number of hydrogen-bond acceptors (Lipinski definition) is 6. The lowest BCUT2D eigenvalue weighted by molar-refractivity contribution is 0.556. The summed E-state index contributed by atoms with van der Waals surface area (Å²) in [4.78, 5) is 12.5. The Morgan fingerprint density at radius 3 is 2.73 bits per heavy atom. The van der Waals surface area contributed by atoms with E-state index in [-0.39, 0.29) is 0 Å². The summed E-state index contributed by atoms with van der Waals surface area (Å²) in [6.45, 7) is 7.07. The van der Waals surface area contributed by atoms with Gasteiger partial charge >= 0.3 is 0 Å². The number of thioether (sulfide) groups is 1. The van der Waals surface area contributed by atoms with E-state index in [1.165, 1.54) is 11.8 Å². The van der Waals surface area contributed by atoms with E-state index < -0.39 is 0 Å². The summed E-state index contributed by atoms with van der Waals surface area (Å²) in [5, 5.41) is 2.69. The van der Waals surface area contributed by atoms with Gasteiger partial charge in [0.05, 0.1) is 0 Å². The van der Waals surface area contributed by atoms with Crippen molar-refractivity contribution in [2.75, 3.05) is 17.8 Å². The smallest absolute Gasteiger partial charge is 0.244 e. The number of aromatic nitrogens is 3. The molecule has 0 radical (unpaired) electrons. The lowest BCUT2D eigenvalue weighted by Crippen LogP contribution is -2.44. The van der Waals surface area contributed by atoms with Crippen LogP contribution in [0.2, 0.25) is 0 Å². The summed E-state index contributed by atoms with van der Waals surface area (Å²) >= 11 is 1.51. The summed E-state index contributed by atoms with van der Waals surface area (Å²) in [5.41, 5.74) is 3.22. The van der Waals surface area contributed by atoms with Crippen molar-refractivity contribution in [3.63, 3.8) is 0 Å². The Labute approximate surface area is 94.7 Å². The molecule has 1 rings (SSSR count). The molecule has 1 heterocycles. The zero-order chi connectivity index (χ0) is 11.3. The standard InChI is InChI=1S/C9H17N5S/c1-5-12-14(7(2)3)8-10-6-11-9(13-8)15-4/h6-7,12H,5H2,1-4H3. The fourth-order valence-electron chi connectivity index (χ4n) is 1.14.